The Labute approximate surface area is 176 Å². The van der Waals surface area contributed by atoms with E-state index in [1.165, 1.54) is 36.4 Å². The molecule has 7 heteroatoms. The van der Waals surface area contributed by atoms with E-state index in [1.54, 1.807) is 23.0 Å². The van der Waals surface area contributed by atoms with Crippen molar-refractivity contribution in [1.29, 1.82) is 0 Å². The molecule has 152 valence electrons. The van der Waals surface area contributed by atoms with Crippen molar-refractivity contribution in [1.82, 2.24) is 14.8 Å². The van der Waals surface area contributed by atoms with E-state index in [1.807, 2.05) is 24.3 Å². The van der Waals surface area contributed by atoms with Gasteiger partial charge in [0.05, 0.1) is 11.0 Å². The molecule has 0 saturated carbocycles. The Kier molecular flexibility index (Phi) is 4.63. The summed E-state index contributed by atoms with van der Waals surface area (Å²) in [6.07, 6.45) is 1.72. The van der Waals surface area contributed by atoms with Gasteiger partial charge in [0.1, 0.15) is 23.9 Å². The average Bonchev–Trinajstić information content (AvgIpc) is 3.14. The lowest BCUT2D eigenvalue weighted by atomic mass is 10.1. The molecule has 2 heterocycles. The number of halogens is 2. The number of fused-ring (bicyclic) bond motifs is 3. The highest BCUT2D eigenvalue weighted by Crippen LogP contribution is 2.32. The van der Waals surface area contributed by atoms with E-state index in [0.717, 1.165) is 27.4 Å². The molecule has 0 spiro atoms. The van der Waals surface area contributed by atoms with Gasteiger partial charge in [-0.25, -0.2) is 8.78 Å². The summed E-state index contributed by atoms with van der Waals surface area (Å²) in [6.45, 7) is -0.0525. The van der Waals surface area contributed by atoms with E-state index >= 15 is 0 Å². The van der Waals surface area contributed by atoms with E-state index < -0.39 is 0 Å². The second-order valence-corrected chi connectivity index (χ2v) is 7.11. The summed E-state index contributed by atoms with van der Waals surface area (Å²) in [5.74, 6) is -1.02. The maximum atomic E-state index is 13.4. The fraction of sp³-hybridized carbons (Fsp3) is 0.0417. The summed E-state index contributed by atoms with van der Waals surface area (Å²) >= 11 is 0. The number of amides is 1. The van der Waals surface area contributed by atoms with E-state index in [-0.39, 0.29) is 24.1 Å². The van der Waals surface area contributed by atoms with Gasteiger partial charge in [-0.1, -0.05) is 18.2 Å². The predicted octanol–water partition coefficient (Wildman–Crippen LogP) is 5.17. The summed E-state index contributed by atoms with van der Waals surface area (Å²) in [4.78, 5) is 17.2. The summed E-state index contributed by atoms with van der Waals surface area (Å²) in [7, 11) is 0. The number of nitrogens with zero attached hydrogens (tertiary/aromatic N) is 3. The first-order valence-corrected chi connectivity index (χ1v) is 9.64. The molecule has 5 nitrogen and oxygen atoms in total. The molecule has 0 fully saturated rings. The van der Waals surface area contributed by atoms with E-state index in [9.17, 15) is 13.6 Å². The Morgan fingerprint density at radius 1 is 0.871 bits per heavy atom. The molecule has 0 atom stereocenters. The number of nitrogens with one attached hydrogen (secondary N) is 1. The molecule has 3 aromatic carbocycles. The molecule has 5 aromatic rings. The van der Waals surface area contributed by atoms with Gasteiger partial charge in [0.15, 0.2) is 0 Å². The minimum Gasteiger partial charge on any atom is -0.324 e. The van der Waals surface area contributed by atoms with Gasteiger partial charge >= 0.3 is 0 Å². The van der Waals surface area contributed by atoms with Crippen molar-refractivity contribution in [2.45, 2.75) is 6.54 Å². The lowest BCUT2D eigenvalue weighted by molar-refractivity contribution is -0.116. The van der Waals surface area contributed by atoms with Gasteiger partial charge in [-0.3, -0.25) is 14.5 Å². The lowest BCUT2D eigenvalue weighted by Crippen LogP contribution is -2.19. The van der Waals surface area contributed by atoms with Crippen molar-refractivity contribution in [3.63, 3.8) is 0 Å². The molecule has 31 heavy (non-hydrogen) atoms. The fourth-order valence-corrected chi connectivity index (χ4v) is 3.61. The summed E-state index contributed by atoms with van der Waals surface area (Å²) in [5.41, 5.74) is 3.37. The molecule has 0 aliphatic heterocycles. The molecular formula is C24H16F2N4O. The van der Waals surface area contributed by atoms with Crippen LogP contribution in [-0.4, -0.2) is 20.7 Å². The van der Waals surface area contributed by atoms with Gasteiger partial charge in [-0.05, 0) is 54.6 Å². The highest BCUT2D eigenvalue weighted by Gasteiger charge is 2.17. The molecule has 0 aliphatic rings. The second-order valence-electron chi connectivity index (χ2n) is 7.11. The second kappa shape index (κ2) is 7.60. The van der Waals surface area contributed by atoms with Crippen LogP contribution in [0, 0.1) is 11.6 Å². The minimum absolute atomic E-state index is 0.0525. The summed E-state index contributed by atoms with van der Waals surface area (Å²) < 4.78 is 28.2. The Morgan fingerprint density at radius 3 is 2.29 bits per heavy atom. The predicted molar refractivity (Wildman–Crippen MR) is 115 cm³/mol. The van der Waals surface area contributed by atoms with Crippen LogP contribution in [0.4, 0.5) is 14.5 Å². The maximum absolute atomic E-state index is 13.4. The van der Waals surface area contributed by atoms with Crippen molar-refractivity contribution in [3.8, 4) is 11.3 Å². The maximum Gasteiger partial charge on any atom is 0.246 e. The number of anilines is 1. The summed E-state index contributed by atoms with van der Waals surface area (Å²) in [6, 6.07) is 19.2. The molecule has 0 radical (unpaired) electrons. The van der Waals surface area contributed by atoms with Gasteiger partial charge in [-0.2, -0.15) is 5.10 Å². The highest BCUT2D eigenvalue weighted by molar-refractivity contribution is 6.08. The quantitative estimate of drug-likeness (QED) is 0.441. The number of para-hydroxylation sites is 1. The molecule has 1 N–H and O–H groups in total. The number of aromatic nitrogens is 3. The molecule has 0 bridgehead atoms. The van der Waals surface area contributed by atoms with Crippen LogP contribution in [0.3, 0.4) is 0 Å². The van der Waals surface area contributed by atoms with Crippen molar-refractivity contribution >= 4 is 33.4 Å². The number of carbonyl (C=O) groups is 1. The molecule has 0 saturated heterocycles. The Bertz CT molecular complexity index is 1410. The van der Waals surface area contributed by atoms with Gasteiger partial charge in [0.2, 0.25) is 5.91 Å². The smallest absolute Gasteiger partial charge is 0.246 e. The van der Waals surface area contributed by atoms with Crippen LogP contribution < -0.4 is 5.32 Å². The Morgan fingerprint density at radius 2 is 1.55 bits per heavy atom. The number of carbonyl (C=O) groups excluding carboxylic acids is 1. The molecule has 0 unspecified atom stereocenters. The van der Waals surface area contributed by atoms with Crippen LogP contribution in [0.5, 0.6) is 0 Å². The Hall–Kier alpha value is -4.13. The molecule has 5 rings (SSSR count). The number of rotatable bonds is 4. The van der Waals surface area contributed by atoms with Gasteiger partial charge in [-0.15, -0.1) is 0 Å². The third-order valence-electron chi connectivity index (χ3n) is 5.02. The normalized spacial score (nSPS) is 11.2. The minimum atomic E-state index is -0.376. The highest BCUT2D eigenvalue weighted by atomic mass is 19.1. The Balaban J connectivity index is 1.60. The van der Waals surface area contributed by atoms with Crippen LogP contribution >= 0.6 is 0 Å². The van der Waals surface area contributed by atoms with E-state index in [4.69, 9.17) is 0 Å². The topological polar surface area (TPSA) is 59.8 Å². The number of benzene rings is 3. The van der Waals surface area contributed by atoms with Gasteiger partial charge in [0, 0.05) is 28.2 Å². The number of pyridine rings is 1. The molecule has 1 amide bonds. The van der Waals surface area contributed by atoms with Crippen molar-refractivity contribution in [3.05, 3.63) is 90.6 Å². The van der Waals surface area contributed by atoms with Crippen LogP contribution in [-0.2, 0) is 11.3 Å². The zero-order valence-corrected chi connectivity index (χ0v) is 16.2. The zero-order valence-electron chi connectivity index (χ0n) is 16.2. The molecule has 0 aliphatic carbocycles. The fourth-order valence-electron chi connectivity index (χ4n) is 3.61. The van der Waals surface area contributed by atoms with Crippen molar-refractivity contribution in [2.75, 3.05) is 5.32 Å². The van der Waals surface area contributed by atoms with Crippen LogP contribution in [0.2, 0.25) is 0 Å². The standard InChI is InChI=1S/C24H16F2N4O/c25-16-7-5-15(6-8-16)23-20-13-27-21-4-2-1-3-19(21)24(20)30(29-23)14-22(31)28-18-11-9-17(26)10-12-18/h1-13H,14H2,(H,28,31). The van der Waals surface area contributed by atoms with Crippen molar-refractivity contribution < 1.29 is 13.6 Å². The first-order valence-electron chi connectivity index (χ1n) is 9.64. The van der Waals surface area contributed by atoms with Gasteiger partial charge in [0.25, 0.3) is 0 Å². The average molecular weight is 414 g/mol. The third-order valence-corrected chi connectivity index (χ3v) is 5.02. The number of hydrogen-bond acceptors (Lipinski definition) is 3. The van der Waals surface area contributed by atoms with E-state index in [2.05, 4.69) is 15.4 Å². The molecular weight excluding hydrogens is 398 g/mol. The largest absolute Gasteiger partial charge is 0.324 e. The lowest BCUT2D eigenvalue weighted by Gasteiger charge is -2.07. The van der Waals surface area contributed by atoms with Crippen LogP contribution in [0.15, 0.2) is 79.0 Å². The first-order chi connectivity index (χ1) is 15.1. The van der Waals surface area contributed by atoms with Crippen molar-refractivity contribution in [2.24, 2.45) is 0 Å². The zero-order chi connectivity index (χ0) is 21.4. The van der Waals surface area contributed by atoms with Crippen LogP contribution in [0.25, 0.3) is 33.1 Å². The molecule has 2 aromatic heterocycles. The summed E-state index contributed by atoms with van der Waals surface area (Å²) in [5, 5.41) is 9.04. The van der Waals surface area contributed by atoms with E-state index in [0.29, 0.717) is 11.4 Å². The SMILES string of the molecule is O=C(Cn1nc(-c2ccc(F)cc2)c2cnc3ccccc3c21)Nc1ccc(F)cc1. The monoisotopic (exact) mass is 414 g/mol. The van der Waals surface area contributed by atoms with Gasteiger partial charge < -0.3 is 5.32 Å². The number of hydrogen-bond donors (Lipinski definition) is 1. The van der Waals surface area contributed by atoms with Crippen LogP contribution in [0.1, 0.15) is 0 Å². The first kappa shape index (κ1) is 18.9. The third kappa shape index (κ3) is 3.61.